The molecule has 2 unspecified atom stereocenters. The maximum Gasteiger partial charge on any atom is 0.141 e. The fraction of sp³-hybridized carbons (Fsp3) is 0.500. The Morgan fingerprint density at radius 2 is 1.94 bits per heavy atom. The monoisotopic (exact) mass is 250 g/mol. The molecule has 1 saturated heterocycles. The van der Waals surface area contributed by atoms with E-state index in [4.69, 9.17) is 20.6 Å². The number of hydrogen-bond acceptors (Lipinski definition) is 5. The average Bonchev–Trinajstić information content (AvgIpc) is 2.82. The molecule has 18 heavy (non-hydrogen) atoms. The number of hydrogen-bond donors (Lipinski definition) is 2. The van der Waals surface area contributed by atoms with Crippen LogP contribution in [0.15, 0.2) is 18.3 Å². The van der Waals surface area contributed by atoms with Gasteiger partial charge in [0.25, 0.3) is 0 Å². The number of nitrogens with one attached hydrogen (secondary N) is 1. The number of ether oxygens (including phenoxy) is 2. The Bertz CT molecular complexity index is 409. The zero-order valence-electron chi connectivity index (χ0n) is 10.6. The molecule has 98 valence electrons. The van der Waals surface area contributed by atoms with Crippen molar-refractivity contribution in [1.29, 1.82) is 5.41 Å². The summed E-state index contributed by atoms with van der Waals surface area (Å²) in [5.74, 6) is -0.0208. The van der Waals surface area contributed by atoms with E-state index in [9.17, 15) is 0 Å². The Morgan fingerprint density at radius 3 is 2.33 bits per heavy atom. The summed E-state index contributed by atoms with van der Waals surface area (Å²) in [6.07, 6.45) is 1.87. The summed E-state index contributed by atoms with van der Waals surface area (Å²) in [5, 5.41) is 7.30. The largest absolute Gasteiger partial charge is 0.382 e. The fourth-order valence-electron chi connectivity index (χ4n) is 2.14. The molecular weight excluding hydrogens is 232 g/mol. The van der Waals surface area contributed by atoms with Crippen molar-refractivity contribution in [3.63, 3.8) is 0 Å². The normalized spacial score (nSPS) is 23.3. The second-order valence-electron chi connectivity index (χ2n) is 4.27. The van der Waals surface area contributed by atoms with Crippen LogP contribution >= 0.6 is 0 Å². The Kier molecular flexibility index (Phi) is 3.78. The number of methoxy groups -OCH3 is 2. The highest BCUT2D eigenvalue weighted by Crippen LogP contribution is 2.22. The number of nitrogen functional groups attached to an aromatic ring is 1. The standard InChI is InChI=1S/C12H18N4O2/c1-17-10-6-16(7-11(10)18-2)8-3-4-9(12(13)14)15-5-8/h3-5,10-11H,6-7H2,1-2H3,(H3,13,14). The number of rotatable bonds is 4. The topological polar surface area (TPSA) is 84.5 Å². The summed E-state index contributed by atoms with van der Waals surface area (Å²) in [7, 11) is 3.38. The van der Waals surface area contributed by atoms with E-state index in [0.717, 1.165) is 18.8 Å². The van der Waals surface area contributed by atoms with E-state index in [1.54, 1.807) is 26.5 Å². The van der Waals surface area contributed by atoms with E-state index in [1.165, 1.54) is 0 Å². The molecule has 0 saturated carbocycles. The maximum absolute atomic E-state index is 7.30. The van der Waals surface area contributed by atoms with Gasteiger partial charge in [-0.2, -0.15) is 0 Å². The van der Waals surface area contributed by atoms with Gasteiger partial charge in [0.1, 0.15) is 23.7 Å². The first-order valence-corrected chi connectivity index (χ1v) is 5.76. The molecule has 6 nitrogen and oxygen atoms in total. The van der Waals surface area contributed by atoms with Crippen LogP contribution in [0.5, 0.6) is 0 Å². The summed E-state index contributed by atoms with van der Waals surface area (Å²) >= 11 is 0. The summed E-state index contributed by atoms with van der Waals surface area (Å²) in [5.41, 5.74) is 6.85. The molecule has 0 bridgehead atoms. The van der Waals surface area contributed by atoms with Crippen molar-refractivity contribution in [3.8, 4) is 0 Å². The Labute approximate surface area is 106 Å². The highest BCUT2D eigenvalue weighted by molar-refractivity contribution is 5.93. The Hall–Kier alpha value is -1.66. The molecule has 0 aromatic carbocycles. The van der Waals surface area contributed by atoms with E-state index in [0.29, 0.717) is 5.69 Å². The number of pyridine rings is 1. The number of aromatic nitrogens is 1. The smallest absolute Gasteiger partial charge is 0.141 e. The zero-order valence-corrected chi connectivity index (χ0v) is 10.6. The van der Waals surface area contributed by atoms with E-state index < -0.39 is 0 Å². The number of anilines is 1. The van der Waals surface area contributed by atoms with Crippen molar-refractivity contribution < 1.29 is 9.47 Å². The van der Waals surface area contributed by atoms with E-state index in [-0.39, 0.29) is 18.0 Å². The molecule has 0 amide bonds. The fourth-order valence-corrected chi connectivity index (χ4v) is 2.14. The number of nitrogens with two attached hydrogens (primary N) is 1. The molecule has 6 heteroatoms. The van der Waals surface area contributed by atoms with Gasteiger partial charge in [0.05, 0.1) is 11.9 Å². The molecule has 0 spiro atoms. The first kappa shape index (κ1) is 12.8. The minimum Gasteiger partial charge on any atom is -0.382 e. The third-order valence-corrected chi connectivity index (χ3v) is 3.21. The minimum atomic E-state index is -0.0208. The van der Waals surface area contributed by atoms with Crippen LogP contribution < -0.4 is 10.6 Å². The molecule has 0 aliphatic carbocycles. The van der Waals surface area contributed by atoms with Crippen LogP contribution in [0.1, 0.15) is 5.69 Å². The lowest BCUT2D eigenvalue weighted by molar-refractivity contribution is -0.00461. The van der Waals surface area contributed by atoms with Gasteiger partial charge in [-0.1, -0.05) is 0 Å². The van der Waals surface area contributed by atoms with Crippen molar-refractivity contribution in [3.05, 3.63) is 24.0 Å². The second kappa shape index (κ2) is 5.32. The van der Waals surface area contributed by atoms with Crippen LogP contribution in [-0.2, 0) is 9.47 Å². The van der Waals surface area contributed by atoms with E-state index in [1.807, 2.05) is 6.07 Å². The van der Waals surface area contributed by atoms with Crippen molar-refractivity contribution in [2.75, 3.05) is 32.2 Å². The van der Waals surface area contributed by atoms with Crippen molar-refractivity contribution in [2.24, 2.45) is 5.73 Å². The molecule has 3 N–H and O–H groups in total. The molecule has 0 radical (unpaired) electrons. The van der Waals surface area contributed by atoms with Crippen LogP contribution in [0.2, 0.25) is 0 Å². The van der Waals surface area contributed by atoms with Gasteiger partial charge in [-0.05, 0) is 12.1 Å². The van der Waals surface area contributed by atoms with Gasteiger partial charge in [-0.3, -0.25) is 10.4 Å². The molecule has 1 aromatic rings. The van der Waals surface area contributed by atoms with Gasteiger partial charge in [0.15, 0.2) is 0 Å². The van der Waals surface area contributed by atoms with Crippen molar-refractivity contribution >= 4 is 11.5 Å². The van der Waals surface area contributed by atoms with Crippen molar-refractivity contribution in [1.82, 2.24) is 4.98 Å². The molecular formula is C12H18N4O2. The first-order chi connectivity index (χ1) is 8.65. The van der Waals surface area contributed by atoms with Gasteiger partial charge >= 0.3 is 0 Å². The summed E-state index contributed by atoms with van der Waals surface area (Å²) in [6.45, 7) is 1.55. The lowest BCUT2D eigenvalue weighted by Gasteiger charge is -2.17. The van der Waals surface area contributed by atoms with Crippen LogP contribution in [0.4, 0.5) is 5.69 Å². The summed E-state index contributed by atoms with van der Waals surface area (Å²) < 4.78 is 10.8. The molecule has 1 aliphatic rings. The quantitative estimate of drug-likeness (QED) is 0.589. The van der Waals surface area contributed by atoms with Gasteiger partial charge in [-0.25, -0.2) is 0 Å². The number of nitrogens with zero attached hydrogens (tertiary/aromatic N) is 2. The Balaban J connectivity index is 2.11. The van der Waals surface area contributed by atoms with Gasteiger partial charge in [0, 0.05) is 27.3 Å². The lowest BCUT2D eigenvalue weighted by Crippen LogP contribution is -2.27. The third-order valence-electron chi connectivity index (χ3n) is 3.21. The lowest BCUT2D eigenvalue weighted by atomic mass is 10.3. The van der Waals surface area contributed by atoms with Gasteiger partial charge < -0.3 is 20.1 Å². The minimum absolute atomic E-state index is 0.0208. The molecule has 2 heterocycles. The maximum atomic E-state index is 7.30. The van der Waals surface area contributed by atoms with E-state index >= 15 is 0 Å². The highest BCUT2D eigenvalue weighted by atomic mass is 16.5. The molecule has 1 aliphatic heterocycles. The van der Waals surface area contributed by atoms with Crippen LogP contribution in [0, 0.1) is 5.41 Å². The van der Waals surface area contributed by atoms with Crippen molar-refractivity contribution in [2.45, 2.75) is 12.2 Å². The zero-order chi connectivity index (χ0) is 13.1. The van der Waals surface area contributed by atoms with E-state index in [2.05, 4.69) is 9.88 Å². The summed E-state index contributed by atoms with van der Waals surface area (Å²) in [6, 6.07) is 3.66. The number of amidine groups is 1. The highest BCUT2D eigenvalue weighted by Gasteiger charge is 2.33. The second-order valence-corrected chi connectivity index (χ2v) is 4.27. The SMILES string of the molecule is COC1CN(c2ccc(C(=N)N)nc2)CC1OC. The molecule has 2 rings (SSSR count). The third kappa shape index (κ3) is 2.44. The van der Waals surface area contributed by atoms with Crippen LogP contribution in [0.25, 0.3) is 0 Å². The van der Waals surface area contributed by atoms with Crippen LogP contribution in [0.3, 0.4) is 0 Å². The average molecular weight is 250 g/mol. The van der Waals surface area contributed by atoms with Gasteiger partial charge in [-0.15, -0.1) is 0 Å². The molecule has 2 atom stereocenters. The first-order valence-electron chi connectivity index (χ1n) is 5.76. The predicted molar refractivity (Wildman–Crippen MR) is 69.1 cm³/mol. The molecule has 1 aromatic heterocycles. The molecule has 1 fully saturated rings. The summed E-state index contributed by atoms with van der Waals surface area (Å²) in [4.78, 5) is 6.30. The predicted octanol–water partition coefficient (Wildman–Crippen LogP) is 0.216. The Morgan fingerprint density at radius 1 is 1.33 bits per heavy atom. The van der Waals surface area contributed by atoms with Crippen LogP contribution in [-0.4, -0.2) is 50.3 Å². The van der Waals surface area contributed by atoms with Gasteiger partial charge in [0.2, 0.25) is 0 Å².